The van der Waals surface area contributed by atoms with E-state index in [1.165, 1.54) is 0 Å². The Bertz CT molecular complexity index is 1120. The molecule has 3 rings (SSSR count). The number of ketones is 1. The molecule has 0 fully saturated rings. The third-order valence-electron chi connectivity index (χ3n) is 5.31. The number of H-pyrrole nitrogens is 1. The van der Waals surface area contributed by atoms with Crippen LogP contribution in [0, 0.1) is 0 Å². The van der Waals surface area contributed by atoms with Crippen molar-refractivity contribution in [2.24, 2.45) is 0 Å². The number of carboxylic acid groups (broad SMARTS) is 1. The molecule has 172 valence electrons. The SMILES string of the molecule is CCN(CC)C(/C(=C\C(=O)O)C(=O)OCCC(=O)c1ccccc1)c1nc2ccccc2[nH]1. The Morgan fingerprint density at radius 2 is 1.73 bits per heavy atom. The predicted molar refractivity (Wildman–Crippen MR) is 124 cm³/mol. The van der Waals surface area contributed by atoms with Gasteiger partial charge >= 0.3 is 11.9 Å². The molecular formula is C25H27N3O5. The van der Waals surface area contributed by atoms with Gasteiger partial charge in [0.1, 0.15) is 11.9 Å². The molecule has 1 aromatic heterocycles. The number of Topliss-reactive ketones (excluding diaryl/α,β-unsaturated/α-hetero) is 1. The van der Waals surface area contributed by atoms with Gasteiger partial charge < -0.3 is 14.8 Å². The zero-order valence-electron chi connectivity index (χ0n) is 18.7. The van der Waals surface area contributed by atoms with Gasteiger partial charge in [-0.25, -0.2) is 14.6 Å². The summed E-state index contributed by atoms with van der Waals surface area (Å²) in [5.74, 6) is -1.78. The number of aliphatic carboxylic acids is 1. The molecule has 0 spiro atoms. The Morgan fingerprint density at radius 1 is 1.06 bits per heavy atom. The van der Waals surface area contributed by atoms with Crippen molar-refractivity contribution in [3.63, 3.8) is 0 Å². The summed E-state index contributed by atoms with van der Waals surface area (Å²) in [4.78, 5) is 46.7. The molecule has 8 heteroatoms. The summed E-state index contributed by atoms with van der Waals surface area (Å²) in [6, 6.07) is 15.4. The minimum Gasteiger partial charge on any atom is -0.478 e. The van der Waals surface area contributed by atoms with Gasteiger partial charge in [0.05, 0.1) is 23.2 Å². The number of likely N-dealkylation sites (N-methyl/N-ethyl adjacent to an activating group) is 1. The van der Waals surface area contributed by atoms with Crippen LogP contribution in [0.2, 0.25) is 0 Å². The smallest absolute Gasteiger partial charge is 0.336 e. The summed E-state index contributed by atoms with van der Waals surface area (Å²) in [5, 5.41) is 9.47. The summed E-state index contributed by atoms with van der Waals surface area (Å²) < 4.78 is 5.35. The lowest BCUT2D eigenvalue weighted by molar-refractivity contribution is -0.140. The van der Waals surface area contributed by atoms with E-state index in [9.17, 15) is 19.5 Å². The van der Waals surface area contributed by atoms with Crippen molar-refractivity contribution >= 4 is 28.8 Å². The quantitative estimate of drug-likeness (QED) is 0.260. The Labute approximate surface area is 191 Å². The third-order valence-corrected chi connectivity index (χ3v) is 5.31. The minimum absolute atomic E-state index is 0.00329. The molecule has 0 bridgehead atoms. The second-order valence-electron chi connectivity index (χ2n) is 7.38. The fourth-order valence-electron chi connectivity index (χ4n) is 3.68. The average molecular weight is 450 g/mol. The first-order chi connectivity index (χ1) is 15.9. The molecule has 0 aliphatic rings. The van der Waals surface area contributed by atoms with Gasteiger partial charge in [-0.05, 0) is 25.2 Å². The summed E-state index contributed by atoms with van der Waals surface area (Å²) in [7, 11) is 0. The molecule has 2 aromatic carbocycles. The monoisotopic (exact) mass is 449 g/mol. The number of aromatic nitrogens is 2. The van der Waals surface area contributed by atoms with E-state index in [1.54, 1.807) is 24.3 Å². The maximum absolute atomic E-state index is 13.0. The van der Waals surface area contributed by atoms with Gasteiger partial charge in [0.2, 0.25) is 0 Å². The van der Waals surface area contributed by atoms with Crippen molar-refractivity contribution in [1.82, 2.24) is 14.9 Å². The number of nitrogens with zero attached hydrogens (tertiary/aromatic N) is 2. The van der Waals surface area contributed by atoms with Gasteiger partial charge in [-0.3, -0.25) is 9.69 Å². The highest BCUT2D eigenvalue weighted by Gasteiger charge is 2.32. The van der Waals surface area contributed by atoms with Crippen molar-refractivity contribution in [3.8, 4) is 0 Å². The van der Waals surface area contributed by atoms with E-state index in [-0.39, 0.29) is 24.4 Å². The van der Waals surface area contributed by atoms with Gasteiger partial charge in [-0.15, -0.1) is 0 Å². The molecule has 0 radical (unpaired) electrons. The number of hydrogen-bond donors (Lipinski definition) is 2. The number of fused-ring (bicyclic) bond motifs is 1. The van der Waals surface area contributed by atoms with Crippen molar-refractivity contribution in [2.45, 2.75) is 26.3 Å². The molecule has 1 atom stereocenters. The molecule has 0 amide bonds. The van der Waals surface area contributed by atoms with Crippen LogP contribution in [0.5, 0.6) is 0 Å². The second kappa shape index (κ2) is 11.2. The minimum atomic E-state index is -1.27. The summed E-state index contributed by atoms with van der Waals surface area (Å²) in [6.07, 6.45) is 0.855. The first-order valence-corrected chi connectivity index (χ1v) is 10.8. The van der Waals surface area contributed by atoms with E-state index in [2.05, 4.69) is 9.97 Å². The van der Waals surface area contributed by atoms with Crippen LogP contribution in [0.15, 0.2) is 66.2 Å². The van der Waals surface area contributed by atoms with Gasteiger partial charge in [-0.1, -0.05) is 56.3 Å². The van der Waals surface area contributed by atoms with Crippen LogP contribution in [0.3, 0.4) is 0 Å². The second-order valence-corrected chi connectivity index (χ2v) is 7.38. The topological polar surface area (TPSA) is 113 Å². The van der Waals surface area contributed by atoms with Crippen molar-refractivity contribution in [3.05, 3.63) is 77.6 Å². The van der Waals surface area contributed by atoms with E-state index < -0.39 is 18.0 Å². The number of carbonyl (C=O) groups excluding carboxylic acids is 2. The summed E-state index contributed by atoms with van der Waals surface area (Å²) in [6.45, 7) is 4.78. The van der Waals surface area contributed by atoms with E-state index in [0.717, 1.165) is 11.6 Å². The number of hydrogen-bond acceptors (Lipinski definition) is 6. The number of para-hydroxylation sites is 2. The maximum atomic E-state index is 13.0. The number of imidazole rings is 1. The van der Waals surface area contributed by atoms with Gasteiger partial charge in [0, 0.05) is 18.1 Å². The number of aromatic amines is 1. The summed E-state index contributed by atoms with van der Waals surface area (Å²) >= 11 is 0. The number of esters is 1. The highest BCUT2D eigenvalue weighted by atomic mass is 16.5. The third kappa shape index (κ3) is 5.93. The highest BCUT2D eigenvalue weighted by molar-refractivity contribution is 5.98. The van der Waals surface area contributed by atoms with Crippen LogP contribution < -0.4 is 0 Å². The first-order valence-electron chi connectivity index (χ1n) is 10.8. The van der Waals surface area contributed by atoms with Crippen LogP contribution >= 0.6 is 0 Å². The summed E-state index contributed by atoms with van der Waals surface area (Å²) in [5.41, 5.74) is 1.96. The zero-order valence-corrected chi connectivity index (χ0v) is 18.7. The van der Waals surface area contributed by atoms with Crippen molar-refractivity contribution < 1.29 is 24.2 Å². The van der Waals surface area contributed by atoms with E-state index in [1.807, 2.05) is 49.1 Å². The van der Waals surface area contributed by atoms with Gasteiger partial charge in [0.25, 0.3) is 0 Å². The lowest BCUT2D eigenvalue weighted by atomic mass is 10.0. The molecule has 33 heavy (non-hydrogen) atoms. The number of nitrogens with one attached hydrogen (secondary N) is 1. The lowest BCUT2D eigenvalue weighted by Gasteiger charge is -2.29. The molecule has 3 aromatic rings. The van der Waals surface area contributed by atoms with Crippen LogP contribution in [-0.2, 0) is 14.3 Å². The molecule has 0 saturated carbocycles. The largest absolute Gasteiger partial charge is 0.478 e. The Balaban J connectivity index is 1.86. The number of ether oxygens (including phenoxy) is 1. The molecule has 2 N–H and O–H groups in total. The molecule has 8 nitrogen and oxygen atoms in total. The van der Waals surface area contributed by atoms with E-state index in [0.29, 0.717) is 30.0 Å². The Hall–Kier alpha value is -3.78. The zero-order chi connectivity index (χ0) is 23.8. The first kappa shape index (κ1) is 23.9. The molecular weight excluding hydrogens is 422 g/mol. The van der Waals surface area contributed by atoms with Gasteiger partial charge in [0.15, 0.2) is 5.78 Å². The van der Waals surface area contributed by atoms with Crippen LogP contribution in [0.25, 0.3) is 11.0 Å². The Kier molecular flexibility index (Phi) is 8.10. The van der Waals surface area contributed by atoms with Crippen molar-refractivity contribution in [2.75, 3.05) is 19.7 Å². The number of rotatable bonds is 11. The fraction of sp³-hybridized carbons (Fsp3) is 0.280. The Morgan fingerprint density at radius 3 is 2.36 bits per heavy atom. The molecule has 1 heterocycles. The highest BCUT2D eigenvalue weighted by Crippen LogP contribution is 2.29. The van der Waals surface area contributed by atoms with Crippen LogP contribution in [-0.4, -0.2) is 57.4 Å². The normalized spacial score (nSPS) is 12.6. The maximum Gasteiger partial charge on any atom is 0.336 e. The standard InChI is InChI=1S/C25H27N3O5/c1-3-28(4-2)23(24-26-19-12-8-9-13-20(19)27-24)18(16-22(30)31)25(32)33-15-14-21(29)17-10-6-5-7-11-17/h5-13,16,23H,3-4,14-15H2,1-2H3,(H,26,27)(H,30,31)/b18-16+. The van der Waals surface area contributed by atoms with Crippen molar-refractivity contribution in [1.29, 1.82) is 0 Å². The molecule has 1 unspecified atom stereocenters. The molecule has 0 saturated heterocycles. The van der Waals surface area contributed by atoms with E-state index in [4.69, 9.17) is 4.74 Å². The van der Waals surface area contributed by atoms with Crippen LogP contribution in [0.1, 0.15) is 42.5 Å². The lowest BCUT2D eigenvalue weighted by Crippen LogP contribution is -2.34. The van der Waals surface area contributed by atoms with E-state index >= 15 is 0 Å². The fourth-order valence-corrected chi connectivity index (χ4v) is 3.68. The predicted octanol–water partition coefficient (Wildman–Crippen LogP) is 3.77. The number of carbonyl (C=O) groups is 3. The average Bonchev–Trinajstić information content (AvgIpc) is 3.25. The number of carboxylic acids is 1. The molecule has 0 aliphatic carbocycles. The van der Waals surface area contributed by atoms with Crippen LogP contribution in [0.4, 0.5) is 0 Å². The number of benzene rings is 2. The molecule has 0 aliphatic heterocycles. The van der Waals surface area contributed by atoms with Gasteiger partial charge in [-0.2, -0.15) is 0 Å².